The maximum Gasteiger partial charge on any atom is 0.323 e. The summed E-state index contributed by atoms with van der Waals surface area (Å²) in [6.07, 6.45) is 2.22. The molecule has 33 heavy (non-hydrogen) atoms. The van der Waals surface area contributed by atoms with Crippen LogP contribution in [-0.2, 0) is 0 Å². The number of anilines is 3. The molecule has 6 heteroatoms. The van der Waals surface area contributed by atoms with Crippen LogP contribution in [0.15, 0.2) is 60.7 Å². The van der Waals surface area contributed by atoms with Crippen LogP contribution in [0.3, 0.4) is 0 Å². The molecule has 1 aliphatic rings. The number of piperidine rings is 1. The van der Waals surface area contributed by atoms with Gasteiger partial charge in [0.15, 0.2) is 0 Å². The summed E-state index contributed by atoms with van der Waals surface area (Å²) in [6.45, 7) is 8.01. The molecule has 1 heterocycles. The van der Waals surface area contributed by atoms with Crippen molar-refractivity contribution >= 4 is 39.8 Å². The van der Waals surface area contributed by atoms with Gasteiger partial charge in [0.2, 0.25) is 0 Å². The van der Waals surface area contributed by atoms with Gasteiger partial charge in [0.1, 0.15) is 0 Å². The zero-order valence-corrected chi connectivity index (χ0v) is 19.5. The van der Waals surface area contributed by atoms with Gasteiger partial charge in [-0.15, -0.1) is 0 Å². The zero-order chi connectivity index (χ0) is 23.4. The minimum absolute atomic E-state index is 0.0259. The predicted molar refractivity (Wildman–Crippen MR) is 136 cm³/mol. The van der Waals surface area contributed by atoms with E-state index in [-0.39, 0.29) is 18.0 Å². The smallest absolute Gasteiger partial charge is 0.323 e. The number of rotatable bonds is 5. The fourth-order valence-corrected chi connectivity index (χ4v) is 4.28. The summed E-state index contributed by atoms with van der Waals surface area (Å²) in [5.41, 5.74) is 2.82. The van der Waals surface area contributed by atoms with Gasteiger partial charge in [-0.05, 0) is 62.3 Å². The quantitative estimate of drug-likeness (QED) is 0.462. The lowest BCUT2D eigenvalue weighted by Crippen LogP contribution is -2.36. The highest BCUT2D eigenvalue weighted by Gasteiger charge is 2.22. The summed E-state index contributed by atoms with van der Waals surface area (Å²) in [5, 5.41) is 10.9. The fraction of sp³-hybridized carbons (Fsp3) is 0.333. The Morgan fingerprint density at radius 1 is 0.939 bits per heavy atom. The summed E-state index contributed by atoms with van der Waals surface area (Å²) in [5.74, 6) is 0.574. The number of hydrogen-bond donors (Lipinski definition) is 3. The molecule has 0 aromatic heterocycles. The Balaban J connectivity index is 1.55. The lowest BCUT2D eigenvalue weighted by atomic mass is 9.97. The number of carbonyl (C=O) groups is 2. The van der Waals surface area contributed by atoms with Gasteiger partial charge in [0, 0.05) is 35.9 Å². The monoisotopic (exact) mass is 444 g/mol. The maximum atomic E-state index is 13.0. The number of amides is 3. The Labute approximate surface area is 195 Å². The first kappa shape index (κ1) is 22.6. The molecular formula is C27H32N4O2. The number of nitrogens with one attached hydrogen (secondary N) is 3. The number of nitrogens with zero attached hydrogens (tertiary/aromatic N) is 1. The Kier molecular flexibility index (Phi) is 6.82. The van der Waals surface area contributed by atoms with Crippen LogP contribution in [0.1, 0.15) is 44.0 Å². The van der Waals surface area contributed by atoms with Crippen LogP contribution < -0.4 is 20.9 Å². The lowest BCUT2D eigenvalue weighted by Gasteiger charge is -2.33. The van der Waals surface area contributed by atoms with Crippen LogP contribution in [0, 0.1) is 5.92 Å². The third kappa shape index (κ3) is 5.45. The minimum Gasteiger partial charge on any atom is -0.371 e. The molecule has 0 saturated carbocycles. The Bertz CT molecular complexity index is 1140. The molecule has 0 aliphatic carbocycles. The fourth-order valence-electron chi connectivity index (χ4n) is 4.28. The summed E-state index contributed by atoms with van der Waals surface area (Å²) in [4.78, 5) is 28.0. The molecule has 0 spiro atoms. The standard InChI is InChI=1S/C27H32N4O2/c1-18(2)28-26(32)23-17-21(11-12-25(23)31-15-13-19(3)14-16-31)29-27(33)30-24-10-6-8-20-7-4-5-9-22(20)24/h4-12,17-19H,13-16H2,1-3H3,(H,28,32)(H2,29,30,33). The second-order valence-electron chi connectivity index (χ2n) is 9.14. The Morgan fingerprint density at radius 3 is 2.42 bits per heavy atom. The maximum absolute atomic E-state index is 13.0. The van der Waals surface area contributed by atoms with E-state index in [1.54, 1.807) is 6.07 Å². The molecule has 1 saturated heterocycles. The van der Waals surface area contributed by atoms with Crippen molar-refractivity contribution in [3.05, 3.63) is 66.2 Å². The van der Waals surface area contributed by atoms with Crippen molar-refractivity contribution in [2.45, 2.75) is 39.7 Å². The molecule has 0 radical (unpaired) electrons. The van der Waals surface area contributed by atoms with Crippen molar-refractivity contribution in [1.29, 1.82) is 0 Å². The van der Waals surface area contributed by atoms with E-state index in [0.29, 0.717) is 17.2 Å². The van der Waals surface area contributed by atoms with Crippen molar-refractivity contribution in [3.63, 3.8) is 0 Å². The van der Waals surface area contributed by atoms with Crippen LogP contribution in [0.4, 0.5) is 21.9 Å². The number of fused-ring (bicyclic) bond motifs is 1. The second kappa shape index (κ2) is 9.94. The molecule has 6 nitrogen and oxygen atoms in total. The zero-order valence-electron chi connectivity index (χ0n) is 19.5. The number of hydrogen-bond acceptors (Lipinski definition) is 3. The van der Waals surface area contributed by atoms with E-state index in [0.717, 1.165) is 48.1 Å². The molecule has 1 aliphatic heterocycles. The molecule has 4 rings (SSSR count). The van der Waals surface area contributed by atoms with Gasteiger partial charge >= 0.3 is 6.03 Å². The molecule has 0 bridgehead atoms. The molecular weight excluding hydrogens is 412 g/mol. The van der Waals surface area contributed by atoms with Gasteiger partial charge in [-0.2, -0.15) is 0 Å². The first-order valence-corrected chi connectivity index (χ1v) is 11.7. The van der Waals surface area contributed by atoms with E-state index in [4.69, 9.17) is 0 Å². The molecule has 3 amide bonds. The molecule has 0 atom stereocenters. The number of benzene rings is 3. The Morgan fingerprint density at radius 2 is 1.67 bits per heavy atom. The summed E-state index contributed by atoms with van der Waals surface area (Å²) in [6, 6.07) is 19.0. The van der Waals surface area contributed by atoms with Crippen LogP contribution in [0.2, 0.25) is 0 Å². The molecule has 1 fully saturated rings. The molecule has 172 valence electrons. The topological polar surface area (TPSA) is 73.5 Å². The highest BCUT2D eigenvalue weighted by Crippen LogP contribution is 2.29. The summed E-state index contributed by atoms with van der Waals surface area (Å²) < 4.78 is 0. The Hall–Kier alpha value is -3.54. The van der Waals surface area contributed by atoms with E-state index in [9.17, 15) is 9.59 Å². The number of carbonyl (C=O) groups excluding carboxylic acids is 2. The van der Waals surface area contributed by atoms with E-state index in [1.807, 2.05) is 68.4 Å². The molecule has 3 aromatic carbocycles. The number of urea groups is 1. The van der Waals surface area contributed by atoms with Gasteiger partial charge in [-0.1, -0.05) is 43.3 Å². The van der Waals surface area contributed by atoms with Gasteiger partial charge < -0.3 is 20.9 Å². The van der Waals surface area contributed by atoms with Crippen molar-refractivity contribution in [1.82, 2.24) is 5.32 Å². The minimum atomic E-state index is -0.346. The van der Waals surface area contributed by atoms with E-state index >= 15 is 0 Å². The first-order valence-electron chi connectivity index (χ1n) is 11.7. The first-order chi connectivity index (χ1) is 15.9. The van der Waals surface area contributed by atoms with Crippen molar-refractivity contribution in [3.8, 4) is 0 Å². The van der Waals surface area contributed by atoms with Crippen LogP contribution >= 0.6 is 0 Å². The van der Waals surface area contributed by atoms with E-state index < -0.39 is 0 Å². The van der Waals surface area contributed by atoms with Crippen LogP contribution in [0.25, 0.3) is 10.8 Å². The van der Waals surface area contributed by atoms with Gasteiger partial charge in [0.25, 0.3) is 5.91 Å². The highest BCUT2D eigenvalue weighted by molar-refractivity contribution is 6.07. The van der Waals surface area contributed by atoms with Crippen molar-refractivity contribution in [2.24, 2.45) is 5.92 Å². The van der Waals surface area contributed by atoms with Gasteiger partial charge in [-0.3, -0.25) is 4.79 Å². The average molecular weight is 445 g/mol. The normalized spacial score (nSPS) is 14.4. The second-order valence-corrected chi connectivity index (χ2v) is 9.14. The SMILES string of the molecule is CC1CCN(c2ccc(NC(=O)Nc3cccc4ccccc34)cc2C(=O)NC(C)C)CC1. The third-order valence-corrected chi connectivity index (χ3v) is 6.08. The summed E-state index contributed by atoms with van der Waals surface area (Å²) >= 11 is 0. The largest absolute Gasteiger partial charge is 0.371 e. The van der Waals surface area contributed by atoms with E-state index in [1.165, 1.54) is 0 Å². The highest BCUT2D eigenvalue weighted by atomic mass is 16.2. The lowest BCUT2D eigenvalue weighted by molar-refractivity contribution is 0.0943. The summed E-state index contributed by atoms with van der Waals surface area (Å²) in [7, 11) is 0. The van der Waals surface area contributed by atoms with Crippen molar-refractivity contribution < 1.29 is 9.59 Å². The molecule has 0 unspecified atom stereocenters. The molecule has 3 aromatic rings. The third-order valence-electron chi connectivity index (χ3n) is 6.08. The van der Waals surface area contributed by atoms with Crippen LogP contribution in [0.5, 0.6) is 0 Å². The van der Waals surface area contributed by atoms with Crippen molar-refractivity contribution in [2.75, 3.05) is 28.6 Å². The molecule has 3 N–H and O–H groups in total. The predicted octanol–water partition coefficient (Wildman–Crippen LogP) is 5.86. The van der Waals surface area contributed by atoms with Gasteiger partial charge in [-0.25, -0.2) is 4.79 Å². The van der Waals surface area contributed by atoms with Gasteiger partial charge in [0.05, 0.1) is 11.3 Å². The van der Waals surface area contributed by atoms with E-state index in [2.05, 4.69) is 27.8 Å². The average Bonchev–Trinajstić information content (AvgIpc) is 2.79. The van der Waals surface area contributed by atoms with Crippen LogP contribution in [-0.4, -0.2) is 31.1 Å².